The highest BCUT2D eigenvalue weighted by molar-refractivity contribution is 6.19. The zero-order valence-electron chi connectivity index (χ0n) is 21.6. The number of aryl methyl sites for hydroxylation is 2. The maximum atomic E-state index is 12.4. The van der Waals surface area contributed by atoms with Gasteiger partial charge in [0.1, 0.15) is 5.75 Å². The van der Waals surface area contributed by atoms with Gasteiger partial charge in [0.2, 0.25) is 5.95 Å². The molecule has 0 radical (unpaired) electrons. The molecule has 0 fully saturated rings. The van der Waals surface area contributed by atoms with Crippen molar-refractivity contribution in [1.82, 2.24) is 15.3 Å². The van der Waals surface area contributed by atoms with Crippen molar-refractivity contribution in [2.45, 2.75) is 25.7 Å². The number of ether oxygens (including phenoxy) is 2. The molecule has 1 atom stereocenters. The van der Waals surface area contributed by atoms with Crippen molar-refractivity contribution in [2.24, 2.45) is 4.99 Å². The van der Waals surface area contributed by atoms with E-state index < -0.39 is 0 Å². The molecule has 192 valence electrons. The van der Waals surface area contributed by atoms with Crippen LogP contribution < -0.4 is 15.4 Å². The standard InChI is InChI=1S/C28H32N6O3/c1-17-7-5-6-8-20(17)26(30-2)24-21(29)11-9-19-16-32-28(34-25(19)24)33-22-12-10-18(15-23(22)37-4)27(35)31-13-14-36-3/h5-8,10,12,15-16,24,29H,9,11,13-14H2,1-4H3,(H,31,35)(H,32,33,34). The Hall–Kier alpha value is -4.11. The van der Waals surface area contributed by atoms with E-state index in [0.29, 0.717) is 54.7 Å². The molecule has 0 spiro atoms. The minimum atomic E-state index is -0.349. The minimum absolute atomic E-state index is 0.212. The second-order valence-electron chi connectivity index (χ2n) is 8.77. The molecule has 3 aromatic rings. The molecule has 1 aliphatic rings. The van der Waals surface area contributed by atoms with E-state index in [4.69, 9.17) is 19.9 Å². The third kappa shape index (κ3) is 5.67. The Bertz CT molecular complexity index is 1340. The van der Waals surface area contributed by atoms with Gasteiger partial charge >= 0.3 is 0 Å². The lowest BCUT2D eigenvalue weighted by atomic mass is 9.79. The van der Waals surface area contributed by atoms with Gasteiger partial charge in [0.25, 0.3) is 5.91 Å². The summed E-state index contributed by atoms with van der Waals surface area (Å²) in [7, 11) is 4.90. The number of benzene rings is 2. The minimum Gasteiger partial charge on any atom is -0.495 e. The Labute approximate surface area is 216 Å². The second-order valence-corrected chi connectivity index (χ2v) is 8.77. The predicted octanol–water partition coefficient (Wildman–Crippen LogP) is 4.08. The molecular weight excluding hydrogens is 468 g/mol. The Morgan fingerprint density at radius 1 is 1.19 bits per heavy atom. The number of carbonyl (C=O) groups excluding carboxylic acids is 1. The Kier molecular flexibility index (Phi) is 8.25. The van der Waals surface area contributed by atoms with Gasteiger partial charge in [-0.3, -0.25) is 9.79 Å². The van der Waals surface area contributed by atoms with Crippen LogP contribution in [-0.4, -0.2) is 61.7 Å². The zero-order valence-corrected chi connectivity index (χ0v) is 21.6. The Balaban J connectivity index is 1.64. The normalized spacial score (nSPS) is 15.2. The molecule has 9 heteroatoms. The first kappa shape index (κ1) is 26.0. The van der Waals surface area contributed by atoms with Crippen molar-refractivity contribution in [1.29, 1.82) is 5.41 Å². The third-order valence-electron chi connectivity index (χ3n) is 6.42. The summed E-state index contributed by atoms with van der Waals surface area (Å²) in [5, 5.41) is 14.8. The van der Waals surface area contributed by atoms with E-state index in [1.54, 1.807) is 39.5 Å². The number of amides is 1. The van der Waals surface area contributed by atoms with Crippen LogP contribution in [0.15, 0.2) is 53.7 Å². The molecule has 1 heterocycles. The molecule has 1 unspecified atom stereocenters. The van der Waals surface area contributed by atoms with E-state index in [1.807, 2.05) is 24.4 Å². The third-order valence-corrected chi connectivity index (χ3v) is 6.42. The first-order valence-corrected chi connectivity index (χ1v) is 12.1. The maximum absolute atomic E-state index is 12.4. The van der Waals surface area contributed by atoms with Crippen LogP contribution in [0, 0.1) is 12.3 Å². The Morgan fingerprint density at radius 2 is 2.00 bits per heavy atom. The first-order valence-electron chi connectivity index (χ1n) is 12.1. The number of aliphatic imine (C=N–C) groups is 1. The van der Waals surface area contributed by atoms with Crippen LogP contribution in [0.25, 0.3) is 0 Å². The van der Waals surface area contributed by atoms with E-state index in [9.17, 15) is 4.79 Å². The van der Waals surface area contributed by atoms with Gasteiger partial charge in [-0.25, -0.2) is 9.97 Å². The van der Waals surface area contributed by atoms with Gasteiger partial charge in [-0.15, -0.1) is 0 Å². The van der Waals surface area contributed by atoms with Gasteiger partial charge in [-0.2, -0.15) is 0 Å². The average Bonchev–Trinajstić information content (AvgIpc) is 2.91. The van der Waals surface area contributed by atoms with Gasteiger partial charge in [0.15, 0.2) is 0 Å². The SMILES string of the molecule is CN=C(c1ccccc1C)C1C(=N)CCc2cnc(Nc3ccc(C(=O)NCCOC)cc3OC)nc21. The highest BCUT2D eigenvalue weighted by Gasteiger charge is 2.32. The van der Waals surface area contributed by atoms with Crippen molar-refractivity contribution in [3.63, 3.8) is 0 Å². The van der Waals surface area contributed by atoms with Crippen molar-refractivity contribution in [3.05, 3.63) is 76.6 Å². The maximum Gasteiger partial charge on any atom is 0.251 e. The molecular formula is C28H32N6O3. The van der Waals surface area contributed by atoms with Crippen LogP contribution in [0.2, 0.25) is 0 Å². The van der Waals surface area contributed by atoms with E-state index in [-0.39, 0.29) is 11.8 Å². The van der Waals surface area contributed by atoms with Gasteiger partial charge in [-0.1, -0.05) is 24.3 Å². The molecule has 1 aromatic heterocycles. The van der Waals surface area contributed by atoms with Crippen LogP contribution >= 0.6 is 0 Å². The summed E-state index contributed by atoms with van der Waals surface area (Å²) < 4.78 is 10.5. The molecule has 2 aromatic carbocycles. The van der Waals surface area contributed by atoms with E-state index in [1.165, 1.54) is 0 Å². The summed E-state index contributed by atoms with van der Waals surface area (Å²) in [4.78, 5) is 26.4. The van der Waals surface area contributed by atoms with Gasteiger partial charge in [0, 0.05) is 38.2 Å². The molecule has 0 bridgehead atoms. The van der Waals surface area contributed by atoms with Crippen LogP contribution in [0.3, 0.4) is 0 Å². The fraction of sp³-hybridized carbons (Fsp3) is 0.321. The van der Waals surface area contributed by atoms with Gasteiger partial charge < -0.3 is 25.5 Å². The number of nitrogens with zero attached hydrogens (tertiary/aromatic N) is 3. The van der Waals surface area contributed by atoms with Crippen LogP contribution in [0.5, 0.6) is 5.75 Å². The van der Waals surface area contributed by atoms with Gasteiger partial charge in [0.05, 0.1) is 36.7 Å². The molecule has 3 N–H and O–H groups in total. The van der Waals surface area contributed by atoms with Crippen molar-refractivity contribution >= 4 is 29.0 Å². The number of nitrogens with one attached hydrogen (secondary N) is 3. The number of carbonyl (C=O) groups is 1. The number of fused-ring (bicyclic) bond motifs is 1. The number of hydrogen-bond acceptors (Lipinski definition) is 8. The molecule has 0 saturated carbocycles. The van der Waals surface area contributed by atoms with Crippen molar-refractivity contribution in [3.8, 4) is 5.75 Å². The highest BCUT2D eigenvalue weighted by Crippen LogP contribution is 2.34. The predicted molar refractivity (Wildman–Crippen MR) is 145 cm³/mol. The zero-order chi connectivity index (χ0) is 26.4. The molecule has 0 aliphatic heterocycles. The molecule has 4 rings (SSSR count). The smallest absolute Gasteiger partial charge is 0.251 e. The molecule has 1 amide bonds. The summed E-state index contributed by atoms with van der Waals surface area (Å²) in [5.74, 6) is 0.310. The van der Waals surface area contributed by atoms with Crippen LogP contribution in [0.4, 0.5) is 11.6 Å². The highest BCUT2D eigenvalue weighted by atomic mass is 16.5. The topological polar surface area (TPSA) is 122 Å². The lowest BCUT2D eigenvalue weighted by Gasteiger charge is -2.27. The molecule has 37 heavy (non-hydrogen) atoms. The fourth-order valence-corrected chi connectivity index (χ4v) is 4.49. The molecule has 9 nitrogen and oxygen atoms in total. The monoisotopic (exact) mass is 500 g/mol. The quantitative estimate of drug-likeness (QED) is 0.301. The van der Waals surface area contributed by atoms with Crippen molar-refractivity contribution < 1.29 is 14.3 Å². The summed E-state index contributed by atoms with van der Waals surface area (Å²) in [6.07, 6.45) is 3.17. The number of methoxy groups -OCH3 is 2. The largest absolute Gasteiger partial charge is 0.495 e. The van der Waals surface area contributed by atoms with Gasteiger partial charge in [-0.05, 0) is 54.7 Å². The summed E-state index contributed by atoms with van der Waals surface area (Å²) in [6.45, 7) is 2.90. The fourth-order valence-electron chi connectivity index (χ4n) is 4.49. The average molecular weight is 501 g/mol. The van der Waals surface area contributed by atoms with Crippen molar-refractivity contribution in [2.75, 3.05) is 39.7 Å². The van der Waals surface area contributed by atoms with E-state index >= 15 is 0 Å². The first-order chi connectivity index (χ1) is 18.0. The number of rotatable bonds is 9. The summed E-state index contributed by atoms with van der Waals surface area (Å²) in [5.41, 5.74) is 6.43. The van der Waals surface area contributed by atoms with E-state index in [0.717, 1.165) is 28.1 Å². The van der Waals surface area contributed by atoms with E-state index in [2.05, 4.69) is 33.6 Å². The Morgan fingerprint density at radius 3 is 2.73 bits per heavy atom. The molecule has 0 saturated heterocycles. The second kappa shape index (κ2) is 11.7. The number of hydrogen-bond donors (Lipinski definition) is 3. The van der Waals surface area contributed by atoms with Crippen LogP contribution in [-0.2, 0) is 11.2 Å². The number of aromatic nitrogens is 2. The lowest BCUT2D eigenvalue weighted by molar-refractivity contribution is 0.0937. The lowest BCUT2D eigenvalue weighted by Crippen LogP contribution is -2.29. The van der Waals surface area contributed by atoms with Crippen LogP contribution in [0.1, 0.15) is 45.1 Å². The summed E-state index contributed by atoms with van der Waals surface area (Å²) >= 11 is 0. The molecule has 1 aliphatic carbocycles. The number of anilines is 2. The summed E-state index contributed by atoms with van der Waals surface area (Å²) in [6, 6.07) is 13.2.